The van der Waals surface area contributed by atoms with Crippen molar-refractivity contribution in [3.63, 3.8) is 0 Å². The van der Waals surface area contributed by atoms with Gasteiger partial charge in [0.15, 0.2) is 0 Å². The van der Waals surface area contributed by atoms with Crippen molar-refractivity contribution >= 4 is 17.7 Å². The number of pyridine rings is 1. The van der Waals surface area contributed by atoms with Gasteiger partial charge in [-0.2, -0.15) is 0 Å². The van der Waals surface area contributed by atoms with Crippen LogP contribution in [0.4, 0.5) is 14.9 Å². The number of carbonyl (C=O) groups is 2. The highest BCUT2D eigenvalue weighted by molar-refractivity contribution is 5.97. The Labute approximate surface area is 235 Å². The van der Waals surface area contributed by atoms with Crippen LogP contribution in [0.3, 0.4) is 0 Å². The molecule has 2 amide bonds. The standard InChI is InChI=1S/C30H40FN5O4/c1-20-14-34(25(16-35(20)29(38)39)15-33-9-10-40-18-21(33)2)17-27(37)36-19-30(3,4)28-26(36)12-23(13-32-28)11-22-5-7-24(31)8-6-22/h5-8,12-13,20-21,25H,9-11,14-19H2,1-4H3,(H,38,39)/t20-,21-,25+/m1/s1. The minimum Gasteiger partial charge on any atom is -0.465 e. The predicted molar refractivity (Wildman–Crippen MR) is 150 cm³/mol. The number of amides is 2. The number of rotatable bonds is 6. The minimum atomic E-state index is -0.923. The largest absolute Gasteiger partial charge is 0.465 e. The Morgan fingerprint density at radius 1 is 1.10 bits per heavy atom. The zero-order valence-corrected chi connectivity index (χ0v) is 23.8. The molecular formula is C30H40FN5O4. The molecule has 0 spiro atoms. The number of hydrogen-bond acceptors (Lipinski definition) is 6. The highest BCUT2D eigenvalue weighted by atomic mass is 19.1. The maximum absolute atomic E-state index is 13.9. The third kappa shape index (κ3) is 5.99. The Balaban J connectivity index is 1.36. The molecular weight excluding hydrogens is 513 g/mol. The summed E-state index contributed by atoms with van der Waals surface area (Å²) < 4.78 is 19.0. The molecule has 0 aliphatic carbocycles. The lowest BCUT2D eigenvalue weighted by Crippen LogP contribution is -2.64. The van der Waals surface area contributed by atoms with Crippen molar-refractivity contribution in [3.8, 4) is 0 Å². The molecule has 5 rings (SSSR count). The van der Waals surface area contributed by atoms with Crippen LogP contribution in [-0.2, 0) is 21.4 Å². The zero-order chi connectivity index (χ0) is 28.6. The van der Waals surface area contributed by atoms with E-state index in [0.717, 1.165) is 29.1 Å². The number of aromatic nitrogens is 1. The molecule has 3 atom stereocenters. The van der Waals surface area contributed by atoms with E-state index in [-0.39, 0.29) is 41.8 Å². The quantitative estimate of drug-likeness (QED) is 0.588. The molecule has 0 bridgehead atoms. The van der Waals surface area contributed by atoms with E-state index < -0.39 is 6.09 Å². The number of benzene rings is 1. The van der Waals surface area contributed by atoms with Gasteiger partial charge in [0.1, 0.15) is 5.82 Å². The van der Waals surface area contributed by atoms with Crippen molar-refractivity contribution in [2.75, 3.05) is 57.4 Å². The Kier molecular flexibility index (Phi) is 8.13. The molecule has 1 aromatic carbocycles. The lowest BCUT2D eigenvalue weighted by Gasteiger charge is -2.47. The number of carboxylic acid groups (broad SMARTS) is 1. The summed E-state index contributed by atoms with van der Waals surface area (Å²) in [6.45, 7) is 12.6. The van der Waals surface area contributed by atoms with Gasteiger partial charge in [-0.05, 0) is 49.6 Å². The second kappa shape index (κ2) is 11.4. The molecule has 10 heteroatoms. The van der Waals surface area contributed by atoms with E-state index in [2.05, 4.69) is 30.6 Å². The fourth-order valence-corrected chi connectivity index (χ4v) is 6.24. The molecule has 216 valence electrons. The highest BCUT2D eigenvalue weighted by Gasteiger charge is 2.42. The molecule has 0 saturated carbocycles. The number of halogens is 1. The van der Waals surface area contributed by atoms with Gasteiger partial charge in [-0.1, -0.05) is 26.0 Å². The van der Waals surface area contributed by atoms with Crippen LogP contribution >= 0.6 is 0 Å². The maximum Gasteiger partial charge on any atom is 0.407 e. The van der Waals surface area contributed by atoms with Gasteiger partial charge >= 0.3 is 6.09 Å². The first-order chi connectivity index (χ1) is 19.0. The molecule has 1 aromatic heterocycles. The third-order valence-electron chi connectivity index (χ3n) is 8.52. The van der Waals surface area contributed by atoms with Crippen LogP contribution in [0, 0.1) is 5.82 Å². The number of morpholine rings is 1. The van der Waals surface area contributed by atoms with E-state index in [9.17, 15) is 19.1 Å². The molecule has 2 aromatic rings. The highest BCUT2D eigenvalue weighted by Crippen LogP contribution is 2.40. The first kappa shape index (κ1) is 28.4. The molecule has 0 unspecified atom stereocenters. The van der Waals surface area contributed by atoms with E-state index in [1.165, 1.54) is 17.0 Å². The van der Waals surface area contributed by atoms with E-state index in [0.29, 0.717) is 45.8 Å². The first-order valence-electron chi connectivity index (χ1n) is 14.1. The Morgan fingerprint density at radius 2 is 1.85 bits per heavy atom. The summed E-state index contributed by atoms with van der Waals surface area (Å²) in [5, 5.41) is 9.81. The van der Waals surface area contributed by atoms with Crippen LogP contribution in [0.5, 0.6) is 0 Å². The Morgan fingerprint density at radius 3 is 2.55 bits per heavy atom. The minimum absolute atomic E-state index is 0.0106. The van der Waals surface area contributed by atoms with E-state index in [1.54, 1.807) is 12.1 Å². The predicted octanol–water partition coefficient (Wildman–Crippen LogP) is 3.21. The summed E-state index contributed by atoms with van der Waals surface area (Å²) >= 11 is 0. The molecule has 3 aliphatic heterocycles. The van der Waals surface area contributed by atoms with Gasteiger partial charge in [0.05, 0.1) is 31.1 Å². The van der Waals surface area contributed by atoms with Gasteiger partial charge in [0, 0.05) is 62.5 Å². The molecule has 2 fully saturated rings. The molecule has 3 aliphatic rings. The summed E-state index contributed by atoms with van der Waals surface area (Å²) in [4.78, 5) is 38.5. The lowest BCUT2D eigenvalue weighted by molar-refractivity contribution is -0.121. The topological polar surface area (TPSA) is 89.5 Å². The number of hydrogen-bond donors (Lipinski definition) is 1. The Hall–Kier alpha value is -3.08. The molecule has 0 radical (unpaired) electrons. The summed E-state index contributed by atoms with van der Waals surface area (Å²) in [5.74, 6) is -0.280. The van der Waals surface area contributed by atoms with Crippen molar-refractivity contribution in [1.29, 1.82) is 0 Å². The van der Waals surface area contributed by atoms with Crippen molar-refractivity contribution in [2.24, 2.45) is 0 Å². The SMILES string of the molecule is C[C@@H]1COCCN1C[C@H]1CN(C(=O)O)[C@H](C)CN1CC(=O)N1CC(C)(C)c2ncc(Cc3ccc(F)cc3)cc21. The number of piperazine rings is 1. The van der Waals surface area contributed by atoms with Crippen LogP contribution in [0.1, 0.15) is 44.5 Å². The lowest BCUT2D eigenvalue weighted by atomic mass is 9.91. The van der Waals surface area contributed by atoms with Crippen molar-refractivity contribution in [2.45, 2.75) is 57.7 Å². The average Bonchev–Trinajstić information content (AvgIpc) is 3.18. The van der Waals surface area contributed by atoms with Gasteiger partial charge in [0.25, 0.3) is 0 Å². The van der Waals surface area contributed by atoms with Crippen LogP contribution in [0.2, 0.25) is 0 Å². The number of nitrogens with zero attached hydrogens (tertiary/aromatic N) is 5. The number of fused-ring (bicyclic) bond motifs is 1. The number of carbonyl (C=O) groups excluding carboxylic acids is 1. The molecule has 4 heterocycles. The normalized spacial score (nSPS) is 25.2. The third-order valence-corrected chi connectivity index (χ3v) is 8.52. The molecule has 40 heavy (non-hydrogen) atoms. The van der Waals surface area contributed by atoms with Gasteiger partial charge in [0.2, 0.25) is 5.91 Å². The van der Waals surface area contributed by atoms with Gasteiger partial charge in [-0.25, -0.2) is 9.18 Å². The smallest absolute Gasteiger partial charge is 0.407 e. The Bertz CT molecular complexity index is 1240. The van der Waals surface area contributed by atoms with Gasteiger partial charge in [-0.15, -0.1) is 0 Å². The van der Waals surface area contributed by atoms with E-state index >= 15 is 0 Å². The zero-order valence-electron chi connectivity index (χ0n) is 23.8. The van der Waals surface area contributed by atoms with Crippen LogP contribution in [0.25, 0.3) is 0 Å². The van der Waals surface area contributed by atoms with Crippen LogP contribution < -0.4 is 4.90 Å². The molecule has 2 saturated heterocycles. The van der Waals surface area contributed by atoms with Gasteiger partial charge < -0.3 is 19.6 Å². The summed E-state index contributed by atoms with van der Waals surface area (Å²) in [6.07, 6.45) is 1.52. The fourth-order valence-electron chi connectivity index (χ4n) is 6.24. The first-order valence-corrected chi connectivity index (χ1v) is 14.1. The molecule has 9 nitrogen and oxygen atoms in total. The van der Waals surface area contributed by atoms with E-state index in [1.807, 2.05) is 24.1 Å². The number of ether oxygens (including phenoxy) is 1. The number of anilines is 1. The van der Waals surface area contributed by atoms with Crippen LogP contribution in [-0.4, -0.2) is 107 Å². The monoisotopic (exact) mass is 553 g/mol. The van der Waals surface area contributed by atoms with Crippen LogP contribution in [0.15, 0.2) is 36.5 Å². The second-order valence-corrected chi connectivity index (χ2v) is 12.2. The van der Waals surface area contributed by atoms with Gasteiger partial charge in [-0.3, -0.25) is 19.6 Å². The van der Waals surface area contributed by atoms with Crippen molar-refractivity contribution in [3.05, 3.63) is 59.2 Å². The summed E-state index contributed by atoms with van der Waals surface area (Å²) in [6, 6.07) is 8.40. The summed E-state index contributed by atoms with van der Waals surface area (Å²) in [5.41, 5.74) is 3.36. The van der Waals surface area contributed by atoms with E-state index in [4.69, 9.17) is 9.72 Å². The van der Waals surface area contributed by atoms with Crippen molar-refractivity contribution in [1.82, 2.24) is 19.7 Å². The summed E-state index contributed by atoms with van der Waals surface area (Å²) in [7, 11) is 0. The second-order valence-electron chi connectivity index (χ2n) is 12.2. The molecule has 1 N–H and O–H groups in total. The van der Waals surface area contributed by atoms with Crippen molar-refractivity contribution < 1.29 is 23.8 Å². The maximum atomic E-state index is 13.9. The average molecular weight is 554 g/mol. The fraction of sp³-hybridized carbons (Fsp3) is 0.567.